The van der Waals surface area contributed by atoms with Crippen molar-refractivity contribution in [1.29, 1.82) is 0 Å². The first kappa shape index (κ1) is 13.3. The third kappa shape index (κ3) is 7.37. The Morgan fingerprint density at radius 2 is 1.67 bits per heavy atom. The zero-order valence-corrected chi connectivity index (χ0v) is 9.07. The van der Waals surface area contributed by atoms with Gasteiger partial charge >= 0.3 is 0 Å². The average Bonchev–Trinajstić information content (AvgIpc) is 2.52. The first-order chi connectivity index (χ1) is 6.93. The Hall–Kier alpha value is -1.71. The Labute approximate surface area is 88.3 Å². The van der Waals surface area contributed by atoms with Crippen LogP contribution in [-0.4, -0.2) is 17.3 Å². The first-order valence-electron chi connectivity index (χ1n) is 4.46. The van der Waals surface area contributed by atoms with Gasteiger partial charge in [-0.25, -0.2) is 0 Å². The van der Waals surface area contributed by atoms with Crippen molar-refractivity contribution >= 4 is 17.3 Å². The Morgan fingerprint density at radius 1 is 1.13 bits per heavy atom. The number of furan rings is 1. The van der Waals surface area contributed by atoms with E-state index in [1.54, 1.807) is 12.1 Å². The monoisotopic (exact) mass is 210 g/mol. The van der Waals surface area contributed by atoms with Crippen LogP contribution in [0, 0.1) is 0 Å². The summed E-state index contributed by atoms with van der Waals surface area (Å²) in [4.78, 5) is 30.5. The molecule has 4 heteroatoms. The maximum absolute atomic E-state index is 10.4. The molecule has 1 rings (SSSR count). The van der Waals surface area contributed by atoms with Crippen LogP contribution < -0.4 is 0 Å². The summed E-state index contributed by atoms with van der Waals surface area (Å²) in [6.07, 6.45) is 1.57. The van der Waals surface area contributed by atoms with Crippen molar-refractivity contribution < 1.29 is 18.8 Å². The van der Waals surface area contributed by atoms with Crippen molar-refractivity contribution in [3.8, 4) is 0 Å². The third-order valence-corrected chi connectivity index (χ3v) is 1.37. The minimum Gasteiger partial charge on any atom is -0.461 e. The lowest BCUT2D eigenvalue weighted by Gasteiger charge is -1.81. The van der Waals surface area contributed by atoms with Gasteiger partial charge in [0.25, 0.3) is 0 Å². The first-order valence-corrected chi connectivity index (χ1v) is 4.46. The molecule has 82 valence electrons. The molecule has 0 saturated carbocycles. The van der Waals surface area contributed by atoms with Crippen LogP contribution in [0.25, 0.3) is 0 Å². The second-order valence-electron chi connectivity index (χ2n) is 3.11. The molecule has 0 saturated heterocycles. The number of Topliss-reactive ketones (excluding diaryl/α,β-unsaturated/α-hetero) is 3. The van der Waals surface area contributed by atoms with E-state index in [-0.39, 0.29) is 23.8 Å². The lowest BCUT2D eigenvalue weighted by molar-refractivity contribution is -0.124. The molecule has 0 bridgehead atoms. The summed E-state index contributed by atoms with van der Waals surface area (Å²) in [6, 6.07) is 3.33. The molecule has 0 unspecified atom stereocenters. The summed E-state index contributed by atoms with van der Waals surface area (Å²) in [5, 5.41) is 0. The van der Waals surface area contributed by atoms with Crippen molar-refractivity contribution in [2.75, 3.05) is 0 Å². The highest BCUT2D eigenvalue weighted by Crippen LogP contribution is 1.98. The second-order valence-corrected chi connectivity index (χ2v) is 3.11. The molecule has 15 heavy (non-hydrogen) atoms. The Kier molecular flexibility index (Phi) is 5.94. The zero-order valence-electron chi connectivity index (χ0n) is 9.07. The molecule has 0 spiro atoms. The molecular formula is C11H14O4. The van der Waals surface area contributed by atoms with E-state index in [4.69, 9.17) is 4.42 Å². The number of hydrogen-bond donors (Lipinski definition) is 0. The molecule has 0 aliphatic rings. The Bertz CT molecular complexity index is 323. The molecule has 1 heterocycles. The standard InChI is InChI=1S/C6H6O2.C5H8O2/c1-5(7)6-3-2-4-8-6;1-4(6)3-5(2)7/h2-4H,1H3;3H2,1-2H3. The topological polar surface area (TPSA) is 64.3 Å². The summed E-state index contributed by atoms with van der Waals surface area (Å²) < 4.78 is 4.75. The normalized spacial score (nSPS) is 8.73. The van der Waals surface area contributed by atoms with E-state index in [1.165, 1.54) is 27.0 Å². The van der Waals surface area contributed by atoms with Gasteiger partial charge in [-0.1, -0.05) is 0 Å². The van der Waals surface area contributed by atoms with Crippen molar-refractivity contribution in [1.82, 2.24) is 0 Å². The number of ketones is 3. The molecule has 0 atom stereocenters. The van der Waals surface area contributed by atoms with Crippen LogP contribution in [-0.2, 0) is 9.59 Å². The fourth-order valence-electron chi connectivity index (χ4n) is 0.829. The summed E-state index contributed by atoms with van der Waals surface area (Å²) >= 11 is 0. The fraction of sp³-hybridized carbons (Fsp3) is 0.364. The maximum atomic E-state index is 10.4. The van der Waals surface area contributed by atoms with Gasteiger partial charge in [0.05, 0.1) is 12.7 Å². The zero-order chi connectivity index (χ0) is 11.8. The average molecular weight is 210 g/mol. The van der Waals surface area contributed by atoms with Crippen LogP contribution in [0.15, 0.2) is 22.8 Å². The predicted molar refractivity (Wildman–Crippen MR) is 54.7 cm³/mol. The van der Waals surface area contributed by atoms with Crippen molar-refractivity contribution in [2.24, 2.45) is 0 Å². The van der Waals surface area contributed by atoms with Gasteiger partial charge in [-0.05, 0) is 26.0 Å². The van der Waals surface area contributed by atoms with Gasteiger partial charge in [0, 0.05) is 6.92 Å². The van der Waals surface area contributed by atoms with Gasteiger partial charge in [-0.2, -0.15) is 0 Å². The van der Waals surface area contributed by atoms with E-state index in [0.29, 0.717) is 5.76 Å². The van der Waals surface area contributed by atoms with E-state index in [2.05, 4.69) is 0 Å². The van der Waals surface area contributed by atoms with Gasteiger partial charge in [-0.15, -0.1) is 0 Å². The van der Waals surface area contributed by atoms with Crippen LogP contribution in [0.3, 0.4) is 0 Å². The van der Waals surface area contributed by atoms with Crippen molar-refractivity contribution in [3.05, 3.63) is 24.2 Å². The van der Waals surface area contributed by atoms with Crippen LogP contribution in [0.5, 0.6) is 0 Å². The number of rotatable bonds is 3. The number of hydrogen-bond acceptors (Lipinski definition) is 4. The van der Waals surface area contributed by atoms with Gasteiger partial charge in [-0.3, -0.25) is 14.4 Å². The highest BCUT2D eigenvalue weighted by molar-refractivity contribution is 5.96. The molecule has 0 radical (unpaired) electrons. The molecular weight excluding hydrogens is 196 g/mol. The molecule has 0 aliphatic carbocycles. The van der Waals surface area contributed by atoms with Crippen molar-refractivity contribution in [3.63, 3.8) is 0 Å². The van der Waals surface area contributed by atoms with Gasteiger partial charge in [0.1, 0.15) is 11.6 Å². The van der Waals surface area contributed by atoms with Gasteiger partial charge in [0.2, 0.25) is 0 Å². The number of carbonyl (C=O) groups is 3. The minimum absolute atomic E-state index is 0.0324. The molecule has 0 aromatic carbocycles. The summed E-state index contributed by atoms with van der Waals surface area (Å²) in [6.45, 7) is 4.28. The quantitative estimate of drug-likeness (QED) is 0.565. The van der Waals surface area contributed by atoms with Gasteiger partial charge < -0.3 is 4.42 Å². The van der Waals surface area contributed by atoms with Crippen LogP contribution >= 0.6 is 0 Å². The lowest BCUT2D eigenvalue weighted by Crippen LogP contribution is -1.97. The molecule has 0 aliphatic heterocycles. The second kappa shape index (κ2) is 6.70. The van der Waals surface area contributed by atoms with E-state index in [9.17, 15) is 14.4 Å². The van der Waals surface area contributed by atoms with E-state index in [0.717, 1.165) is 0 Å². The lowest BCUT2D eigenvalue weighted by atomic mass is 10.2. The molecule has 1 aromatic rings. The highest BCUT2D eigenvalue weighted by atomic mass is 16.3. The molecule has 4 nitrogen and oxygen atoms in total. The minimum atomic E-state index is -0.0625. The van der Waals surface area contributed by atoms with E-state index < -0.39 is 0 Å². The van der Waals surface area contributed by atoms with Crippen molar-refractivity contribution in [2.45, 2.75) is 27.2 Å². The summed E-state index contributed by atoms with van der Waals surface area (Å²) in [7, 11) is 0. The fourth-order valence-corrected chi connectivity index (χ4v) is 0.829. The molecule has 0 amide bonds. The Balaban J connectivity index is 0.000000265. The Morgan fingerprint density at radius 3 is 1.80 bits per heavy atom. The highest BCUT2D eigenvalue weighted by Gasteiger charge is 1.97. The largest absolute Gasteiger partial charge is 0.461 e. The molecule has 0 N–H and O–H groups in total. The predicted octanol–water partition coefficient (Wildman–Crippen LogP) is 2.04. The smallest absolute Gasteiger partial charge is 0.194 e. The maximum Gasteiger partial charge on any atom is 0.194 e. The molecule has 0 fully saturated rings. The third-order valence-electron chi connectivity index (χ3n) is 1.37. The van der Waals surface area contributed by atoms with Crippen LogP contribution in [0.4, 0.5) is 0 Å². The number of carbonyl (C=O) groups excluding carboxylic acids is 3. The van der Waals surface area contributed by atoms with Gasteiger partial charge in [0.15, 0.2) is 11.5 Å². The van der Waals surface area contributed by atoms with Crippen LogP contribution in [0.1, 0.15) is 37.7 Å². The molecule has 1 aromatic heterocycles. The SMILES string of the molecule is CC(=O)CC(C)=O.CC(=O)c1ccco1. The summed E-state index contributed by atoms with van der Waals surface area (Å²) in [5.74, 6) is 0.264. The van der Waals surface area contributed by atoms with E-state index in [1.807, 2.05) is 0 Å². The van der Waals surface area contributed by atoms with E-state index >= 15 is 0 Å². The summed E-state index contributed by atoms with van der Waals surface area (Å²) in [5.41, 5.74) is 0. The van der Waals surface area contributed by atoms with Crippen LogP contribution in [0.2, 0.25) is 0 Å².